The second-order valence-electron chi connectivity index (χ2n) is 6.26. The van der Waals surface area contributed by atoms with Gasteiger partial charge in [-0.25, -0.2) is 15.0 Å². The Kier molecular flexibility index (Phi) is 3.48. The smallest absolute Gasteiger partial charge is 0.228 e. The first-order valence-corrected chi connectivity index (χ1v) is 7.88. The van der Waals surface area contributed by atoms with Crippen molar-refractivity contribution in [2.24, 2.45) is 11.8 Å². The number of fused-ring (bicyclic) bond motifs is 1. The molecular weight excluding hydrogens is 292 g/mol. The Morgan fingerprint density at radius 1 is 1.09 bits per heavy atom. The average Bonchev–Trinajstić information content (AvgIpc) is 3.14. The van der Waals surface area contributed by atoms with Gasteiger partial charge in [0, 0.05) is 62.0 Å². The minimum atomic E-state index is 0.616. The summed E-state index contributed by atoms with van der Waals surface area (Å²) < 4.78 is 5.20. The summed E-state index contributed by atoms with van der Waals surface area (Å²) in [5, 5.41) is 0. The summed E-state index contributed by atoms with van der Waals surface area (Å²) >= 11 is 0. The maximum absolute atomic E-state index is 5.20. The van der Waals surface area contributed by atoms with E-state index in [9.17, 15) is 0 Å². The van der Waals surface area contributed by atoms with Crippen molar-refractivity contribution in [1.29, 1.82) is 0 Å². The molecule has 0 amide bonds. The lowest BCUT2D eigenvalue weighted by Gasteiger charge is -2.23. The summed E-state index contributed by atoms with van der Waals surface area (Å²) in [6, 6.07) is 1.78. The van der Waals surface area contributed by atoms with Gasteiger partial charge in [-0.2, -0.15) is 4.98 Å². The molecule has 2 aromatic heterocycles. The highest BCUT2D eigenvalue weighted by Gasteiger charge is 2.41. The van der Waals surface area contributed by atoms with E-state index in [0.717, 1.165) is 43.5 Å². The van der Waals surface area contributed by atoms with Crippen LogP contribution in [0.4, 0.5) is 11.8 Å². The number of aromatic nitrogens is 4. The Morgan fingerprint density at radius 2 is 1.83 bits per heavy atom. The zero-order chi connectivity index (χ0) is 15.8. The molecular formula is C16H20N6O. The fourth-order valence-electron chi connectivity index (χ4n) is 3.65. The summed E-state index contributed by atoms with van der Waals surface area (Å²) in [6.45, 7) is 6.10. The molecule has 0 aliphatic carbocycles. The number of aryl methyl sites for hydroxylation is 1. The van der Waals surface area contributed by atoms with Crippen LogP contribution in [0.1, 0.15) is 5.56 Å². The Morgan fingerprint density at radius 3 is 2.52 bits per heavy atom. The van der Waals surface area contributed by atoms with E-state index in [2.05, 4.69) is 36.7 Å². The average molecular weight is 312 g/mol. The van der Waals surface area contributed by atoms with E-state index in [1.807, 2.05) is 6.20 Å². The number of hydrogen-bond donors (Lipinski definition) is 0. The highest BCUT2D eigenvalue weighted by Crippen LogP contribution is 2.35. The zero-order valence-corrected chi connectivity index (χ0v) is 13.4. The summed E-state index contributed by atoms with van der Waals surface area (Å²) in [6.07, 6.45) is 5.27. The Balaban J connectivity index is 1.47. The third-order valence-corrected chi connectivity index (χ3v) is 4.76. The molecule has 2 atom stereocenters. The van der Waals surface area contributed by atoms with Crippen molar-refractivity contribution < 1.29 is 4.74 Å². The van der Waals surface area contributed by atoms with Gasteiger partial charge >= 0.3 is 0 Å². The van der Waals surface area contributed by atoms with Crippen LogP contribution >= 0.6 is 0 Å². The van der Waals surface area contributed by atoms with Crippen molar-refractivity contribution >= 4 is 11.8 Å². The van der Waals surface area contributed by atoms with Crippen molar-refractivity contribution in [1.82, 2.24) is 19.9 Å². The Hall–Kier alpha value is -2.44. The van der Waals surface area contributed by atoms with Gasteiger partial charge in [-0.3, -0.25) is 0 Å². The maximum atomic E-state index is 5.20. The van der Waals surface area contributed by atoms with E-state index in [4.69, 9.17) is 4.74 Å². The van der Waals surface area contributed by atoms with Crippen LogP contribution in [0.25, 0.3) is 0 Å². The molecule has 0 saturated carbocycles. The molecule has 2 aromatic rings. The summed E-state index contributed by atoms with van der Waals surface area (Å²) in [5.41, 5.74) is 1.14. The predicted octanol–water partition coefficient (Wildman–Crippen LogP) is 1.16. The molecule has 120 valence electrons. The SMILES string of the molecule is COc1ccnc(N2CC3CN(c4ncncc4C)CC3C2)n1. The number of methoxy groups -OCH3 is 1. The van der Waals surface area contributed by atoms with Crippen molar-refractivity contribution in [2.75, 3.05) is 43.1 Å². The van der Waals surface area contributed by atoms with Gasteiger partial charge in [-0.05, 0) is 6.92 Å². The molecule has 0 bridgehead atoms. The first kappa shape index (κ1) is 14.2. The fourth-order valence-corrected chi connectivity index (χ4v) is 3.65. The van der Waals surface area contributed by atoms with E-state index in [-0.39, 0.29) is 0 Å². The summed E-state index contributed by atoms with van der Waals surface area (Å²) in [7, 11) is 1.63. The molecule has 2 fully saturated rings. The third-order valence-electron chi connectivity index (χ3n) is 4.76. The highest BCUT2D eigenvalue weighted by molar-refractivity contribution is 5.47. The monoisotopic (exact) mass is 312 g/mol. The normalized spacial score (nSPS) is 23.2. The van der Waals surface area contributed by atoms with Crippen LogP contribution < -0.4 is 14.5 Å². The zero-order valence-electron chi connectivity index (χ0n) is 13.4. The third kappa shape index (κ3) is 2.56. The fraction of sp³-hybridized carbons (Fsp3) is 0.500. The second kappa shape index (κ2) is 5.64. The molecule has 23 heavy (non-hydrogen) atoms. The maximum Gasteiger partial charge on any atom is 0.228 e. The molecule has 2 saturated heterocycles. The molecule has 2 unspecified atom stereocenters. The van der Waals surface area contributed by atoms with E-state index in [1.54, 1.807) is 25.7 Å². The van der Waals surface area contributed by atoms with Gasteiger partial charge in [0.1, 0.15) is 12.1 Å². The van der Waals surface area contributed by atoms with Crippen LogP contribution in [0.3, 0.4) is 0 Å². The molecule has 0 spiro atoms. The molecule has 7 heteroatoms. The van der Waals surface area contributed by atoms with Gasteiger partial charge in [0.05, 0.1) is 7.11 Å². The molecule has 0 aromatic carbocycles. The van der Waals surface area contributed by atoms with Crippen LogP contribution in [0.5, 0.6) is 5.88 Å². The van der Waals surface area contributed by atoms with Gasteiger partial charge in [0.25, 0.3) is 0 Å². The van der Waals surface area contributed by atoms with Crippen molar-refractivity contribution in [2.45, 2.75) is 6.92 Å². The van der Waals surface area contributed by atoms with Crippen LogP contribution in [0.15, 0.2) is 24.8 Å². The number of anilines is 2. The molecule has 7 nitrogen and oxygen atoms in total. The first-order chi connectivity index (χ1) is 11.2. The van der Waals surface area contributed by atoms with Crippen molar-refractivity contribution in [3.05, 3.63) is 30.4 Å². The summed E-state index contributed by atoms with van der Waals surface area (Å²) in [4.78, 5) is 22.0. The van der Waals surface area contributed by atoms with Gasteiger partial charge < -0.3 is 14.5 Å². The topological polar surface area (TPSA) is 67.3 Å². The van der Waals surface area contributed by atoms with Gasteiger partial charge in [-0.1, -0.05) is 0 Å². The molecule has 4 rings (SSSR count). The lowest BCUT2D eigenvalue weighted by molar-refractivity contribution is 0.397. The standard InChI is InChI=1S/C16H20N6O/c1-11-5-17-10-19-15(11)21-6-12-8-22(9-13(12)7-21)16-18-4-3-14(20-16)23-2/h3-5,10,12-13H,6-9H2,1-2H3. The summed E-state index contributed by atoms with van der Waals surface area (Å²) in [5.74, 6) is 3.70. The molecule has 2 aliphatic heterocycles. The van der Waals surface area contributed by atoms with E-state index < -0.39 is 0 Å². The van der Waals surface area contributed by atoms with E-state index in [1.165, 1.54) is 0 Å². The van der Waals surface area contributed by atoms with Gasteiger partial charge in [0.15, 0.2) is 0 Å². The predicted molar refractivity (Wildman–Crippen MR) is 86.8 cm³/mol. The quantitative estimate of drug-likeness (QED) is 0.842. The van der Waals surface area contributed by atoms with Gasteiger partial charge in [-0.15, -0.1) is 0 Å². The lowest BCUT2D eigenvalue weighted by Crippen LogP contribution is -2.30. The van der Waals surface area contributed by atoms with Crippen LogP contribution in [0, 0.1) is 18.8 Å². The largest absolute Gasteiger partial charge is 0.481 e. The van der Waals surface area contributed by atoms with Crippen LogP contribution in [0.2, 0.25) is 0 Å². The highest BCUT2D eigenvalue weighted by atomic mass is 16.5. The second-order valence-corrected chi connectivity index (χ2v) is 6.26. The molecule has 0 radical (unpaired) electrons. The van der Waals surface area contributed by atoms with E-state index in [0.29, 0.717) is 17.7 Å². The van der Waals surface area contributed by atoms with Crippen LogP contribution in [-0.4, -0.2) is 53.2 Å². The number of rotatable bonds is 3. The number of ether oxygens (including phenoxy) is 1. The van der Waals surface area contributed by atoms with E-state index >= 15 is 0 Å². The molecule has 0 N–H and O–H groups in total. The first-order valence-electron chi connectivity index (χ1n) is 7.88. The van der Waals surface area contributed by atoms with Crippen molar-refractivity contribution in [3.8, 4) is 5.88 Å². The lowest BCUT2D eigenvalue weighted by atomic mass is 10.0. The number of nitrogens with zero attached hydrogens (tertiary/aromatic N) is 6. The van der Waals surface area contributed by atoms with Gasteiger partial charge in [0.2, 0.25) is 11.8 Å². The Bertz CT molecular complexity index is 694. The minimum Gasteiger partial charge on any atom is -0.481 e. The molecule has 4 heterocycles. The number of hydrogen-bond acceptors (Lipinski definition) is 7. The van der Waals surface area contributed by atoms with Crippen LogP contribution in [-0.2, 0) is 0 Å². The van der Waals surface area contributed by atoms with Crippen molar-refractivity contribution in [3.63, 3.8) is 0 Å². The molecule has 2 aliphatic rings. The Labute approximate surface area is 135 Å². The minimum absolute atomic E-state index is 0.616.